The van der Waals surface area contributed by atoms with Crippen LogP contribution in [0.1, 0.15) is 22.3 Å². The zero-order chi connectivity index (χ0) is 28.4. The number of ketones is 1. The van der Waals surface area contributed by atoms with Crippen LogP contribution in [0.2, 0.25) is 0 Å². The number of hydrogen-bond acceptors (Lipinski definition) is 9. The van der Waals surface area contributed by atoms with Crippen molar-refractivity contribution in [1.29, 1.82) is 0 Å². The molecule has 4 N–H and O–H groups in total. The molecule has 0 spiro atoms. The molecule has 14 heteroatoms. The predicted molar refractivity (Wildman–Crippen MR) is 137 cm³/mol. The van der Waals surface area contributed by atoms with Crippen molar-refractivity contribution in [2.45, 2.75) is 6.42 Å². The van der Waals surface area contributed by atoms with Gasteiger partial charge in [-0.2, -0.15) is 0 Å². The Balaban J connectivity index is 0.000000757. The average Bonchev–Trinajstić information content (AvgIpc) is 2.90. The van der Waals surface area contributed by atoms with Gasteiger partial charge in [0.1, 0.15) is 5.82 Å². The first-order valence-corrected chi connectivity index (χ1v) is 11.0. The second-order valence-corrected chi connectivity index (χ2v) is 7.77. The van der Waals surface area contributed by atoms with Gasteiger partial charge in [0.15, 0.2) is 5.78 Å². The number of non-ortho nitro benzene ring substituents is 1. The fourth-order valence-corrected chi connectivity index (χ4v) is 3.16. The largest absolute Gasteiger partial charge is 0.473 e. The number of aromatic nitrogens is 2. The van der Waals surface area contributed by atoms with Gasteiger partial charge in [-0.15, -0.1) is 0 Å². The van der Waals surface area contributed by atoms with Crippen molar-refractivity contribution in [2.24, 2.45) is 14.1 Å². The van der Waals surface area contributed by atoms with Crippen LogP contribution in [0.25, 0.3) is 0 Å². The first kappa shape index (κ1) is 29.0. The molecule has 38 heavy (non-hydrogen) atoms. The van der Waals surface area contributed by atoms with Gasteiger partial charge in [0, 0.05) is 56.6 Å². The van der Waals surface area contributed by atoms with Crippen LogP contribution in [-0.4, -0.2) is 55.1 Å². The number of aliphatic carboxylic acids is 2. The van der Waals surface area contributed by atoms with Crippen LogP contribution >= 0.6 is 0 Å². The Morgan fingerprint density at radius 1 is 0.895 bits per heavy atom. The lowest BCUT2D eigenvalue weighted by Gasteiger charge is -2.13. The molecule has 1 heterocycles. The third-order valence-corrected chi connectivity index (χ3v) is 5.18. The number of benzene rings is 2. The molecule has 0 bridgehead atoms. The second kappa shape index (κ2) is 13.2. The van der Waals surface area contributed by atoms with Crippen molar-refractivity contribution in [2.75, 3.05) is 23.7 Å². The highest BCUT2D eigenvalue weighted by atomic mass is 16.6. The van der Waals surface area contributed by atoms with E-state index in [0.717, 1.165) is 4.57 Å². The highest BCUT2D eigenvalue weighted by Crippen LogP contribution is 2.25. The number of nitro groups is 1. The van der Waals surface area contributed by atoms with Crippen molar-refractivity contribution < 1.29 is 29.5 Å². The number of nitrogens with one attached hydrogen (secondary N) is 2. The molecular weight excluding hydrogens is 502 g/mol. The monoisotopic (exact) mass is 527 g/mol. The van der Waals surface area contributed by atoms with Gasteiger partial charge in [0.25, 0.3) is 11.2 Å². The summed E-state index contributed by atoms with van der Waals surface area (Å²) in [5.41, 5.74) is 0.154. The molecule has 0 saturated carbocycles. The van der Waals surface area contributed by atoms with Crippen molar-refractivity contribution >= 4 is 34.9 Å². The summed E-state index contributed by atoms with van der Waals surface area (Å²) in [6.45, 7) is 0.918. The SMILES string of the molecule is Cn1c(NCCCNc2ccc([N+](=O)[O-])cc2C(=O)c2ccccc2)cc(=O)n(C)c1=O.O=C(O)C(=O)O. The quantitative estimate of drug-likeness (QED) is 0.103. The molecular formula is C24H25N5O9. The molecule has 0 saturated heterocycles. The lowest BCUT2D eigenvalue weighted by Crippen LogP contribution is -2.37. The van der Waals surface area contributed by atoms with E-state index in [1.165, 1.54) is 35.9 Å². The van der Waals surface area contributed by atoms with E-state index in [0.29, 0.717) is 36.6 Å². The molecule has 0 aliphatic rings. The van der Waals surface area contributed by atoms with E-state index in [2.05, 4.69) is 10.6 Å². The summed E-state index contributed by atoms with van der Waals surface area (Å²) in [4.78, 5) is 65.5. The molecule has 0 aliphatic heterocycles. The first-order valence-electron chi connectivity index (χ1n) is 11.0. The molecule has 0 aliphatic carbocycles. The van der Waals surface area contributed by atoms with Crippen molar-refractivity contribution in [3.63, 3.8) is 0 Å². The van der Waals surface area contributed by atoms with Crippen molar-refractivity contribution in [3.8, 4) is 0 Å². The van der Waals surface area contributed by atoms with Gasteiger partial charge in [-0.25, -0.2) is 14.4 Å². The van der Waals surface area contributed by atoms with Crippen LogP contribution in [0.15, 0.2) is 64.2 Å². The summed E-state index contributed by atoms with van der Waals surface area (Å²) >= 11 is 0. The standard InChI is InChI=1S/C22H23N5O5.C2H2O4/c1-25-19(14-20(28)26(2)22(25)30)24-12-6-11-23-18-10-9-16(27(31)32)13-17(18)21(29)15-7-4-3-5-8-15;3-1(4)2(5)6/h3-5,7-10,13-14,23-24H,6,11-12H2,1-2H3;(H,3,4)(H,5,6). The fraction of sp³-hybridized carbons (Fsp3) is 0.208. The maximum absolute atomic E-state index is 12.9. The summed E-state index contributed by atoms with van der Waals surface area (Å²) in [6.07, 6.45) is 0.597. The number of anilines is 2. The smallest absolute Gasteiger partial charge is 0.414 e. The Bertz CT molecular complexity index is 1450. The molecule has 3 rings (SSSR count). The first-order chi connectivity index (χ1) is 17.9. The Labute approximate surface area is 214 Å². The number of carbonyl (C=O) groups excluding carboxylic acids is 1. The van der Waals surface area contributed by atoms with Gasteiger partial charge in [-0.05, 0) is 12.5 Å². The molecule has 0 atom stereocenters. The third-order valence-electron chi connectivity index (χ3n) is 5.18. The van der Waals surface area contributed by atoms with Crippen molar-refractivity contribution in [3.05, 3.63) is 96.7 Å². The topological polar surface area (TPSA) is 203 Å². The Morgan fingerprint density at radius 2 is 1.50 bits per heavy atom. The molecule has 0 fully saturated rings. The van der Waals surface area contributed by atoms with Crippen LogP contribution in [0.3, 0.4) is 0 Å². The van der Waals surface area contributed by atoms with Gasteiger partial charge >= 0.3 is 17.6 Å². The number of nitrogens with zero attached hydrogens (tertiary/aromatic N) is 3. The fourth-order valence-electron chi connectivity index (χ4n) is 3.16. The Morgan fingerprint density at radius 3 is 2.08 bits per heavy atom. The average molecular weight is 527 g/mol. The lowest BCUT2D eigenvalue weighted by atomic mass is 10.0. The molecule has 200 valence electrons. The number of carboxylic acids is 2. The molecule has 0 radical (unpaired) electrons. The van der Waals surface area contributed by atoms with E-state index in [1.54, 1.807) is 37.4 Å². The Kier molecular flexibility index (Phi) is 10.0. The molecule has 1 aromatic heterocycles. The Hall–Kier alpha value is -5.27. The zero-order valence-electron chi connectivity index (χ0n) is 20.4. The normalized spacial score (nSPS) is 10.1. The molecule has 2 aromatic carbocycles. The molecule has 3 aromatic rings. The van der Waals surface area contributed by atoms with Gasteiger partial charge in [0.2, 0.25) is 0 Å². The van der Waals surface area contributed by atoms with E-state index in [1.807, 2.05) is 0 Å². The minimum atomic E-state index is -1.82. The maximum Gasteiger partial charge on any atom is 0.414 e. The van der Waals surface area contributed by atoms with Gasteiger partial charge in [0.05, 0.1) is 10.5 Å². The summed E-state index contributed by atoms with van der Waals surface area (Å²) in [5.74, 6) is -3.55. The molecule has 0 amide bonds. The summed E-state index contributed by atoms with van der Waals surface area (Å²) in [6, 6.07) is 14.0. The van der Waals surface area contributed by atoms with Crippen LogP contribution in [0, 0.1) is 10.1 Å². The summed E-state index contributed by atoms with van der Waals surface area (Å²) in [7, 11) is 2.98. The lowest BCUT2D eigenvalue weighted by molar-refractivity contribution is -0.384. The minimum Gasteiger partial charge on any atom is -0.473 e. The minimum absolute atomic E-state index is 0.164. The number of rotatable bonds is 9. The van der Waals surface area contributed by atoms with Gasteiger partial charge in [-0.3, -0.25) is 28.8 Å². The number of nitro benzene ring substituents is 1. The van der Waals surface area contributed by atoms with E-state index in [-0.39, 0.29) is 17.0 Å². The van der Waals surface area contributed by atoms with E-state index < -0.39 is 28.1 Å². The summed E-state index contributed by atoms with van der Waals surface area (Å²) in [5, 5.41) is 32.1. The number of hydrogen-bond donors (Lipinski definition) is 4. The maximum atomic E-state index is 12.9. The van der Waals surface area contributed by atoms with Gasteiger partial charge < -0.3 is 20.8 Å². The molecule has 14 nitrogen and oxygen atoms in total. The van der Waals surface area contributed by atoms with Crippen LogP contribution < -0.4 is 21.9 Å². The van der Waals surface area contributed by atoms with Crippen LogP contribution in [0.5, 0.6) is 0 Å². The van der Waals surface area contributed by atoms with Crippen LogP contribution in [0.4, 0.5) is 17.2 Å². The van der Waals surface area contributed by atoms with E-state index >= 15 is 0 Å². The second-order valence-electron chi connectivity index (χ2n) is 7.77. The van der Waals surface area contributed by atoms with E-state index in [9.17, 15) is 24.5 Å². The third kappa shape index (κ3) is 7.61. The van der Waals surface area contributed by atoms with E-state index in [4.69, 9.17) is 19.8 Å². The predicted octanol–water partition coefficient (Wildman–Crippen LogP) is 1.29. The highest BCUT2D eigenvalue weighted by Gasteiger charge is 2.18. The zero-order valence-corrected chi connectivity index (χ0v) is 20.4. The van der Waals surface area contributed by atoms with Crippen LogP contribution in [-0.2, 0) is 23.7 Å². The summed E-state index contributed by atoms with van der Waals surface area (Å²) < 4.78 is 2.37. The molecule has 0 unspecified atom stereocenters. The number of carbonyl (C=O) groups is 3. The highest BCUT2D eigenvalue weighted by molar-refractivity contribution is 6.27. The van der Waals surface area contributed by atoms with Crippen molar-refractivity contribution in [1.82, 2.24) is 9.13 Å². The van der Waals surface area contributed by atoms with Gasteiger partial charge in [-0.1, -0.05) is 30.3 Å². The number of carboxylic acid groups (broad SMARTS) is 2.